The van der Waals surface area contributed by atoms with Gasteiger partial charge < -0.3 is 15.1 Å². The molecule has 1 aliphatic rings. The van der Waals surface area contributed by atoms with Gasteiger partial charge in [0, 0.05) is 44.7 Å². The molecule has 23 heavy (non-hydrogen) atoms. The smallest absolute Gasteiger partial charge is 0.243 e. The number of amides is 1. The van der Waals surface area contributed by atoms with Gasteiger partial charge >= 0.3 is 0 Å². The predicted octanol–water partition coefficient (Wildman–Crippen LogP) is 2.51. The molecule has 7 heteroatoms. The van der Waals surface area contributed by atoms with Crippen LogP contribution in [0, 0.1) is 5.92 Å². The quantitative estimate of drug-likeness (QED) is 0.289. The Balaban J connectivity index is 0.00000484. The van der Waals surface area contributed by atoms with E-state index < -0.39 is 0 Å². The van der Waals surface area contributed by atoms with Crippen molar-refractivity contribution in [2.45, 2.75) is 38.9 Å². The lowest BCUT2D eigenvalue weighted by Crippen LogP contribution is -2.49. The van der Waals surface area contributed by atoms with Crippen molar-refractivity contribution < 1.29 is 4.79 Å². The van der Waals surface area contributed by atoms with Crippen LogP contribution < -0.4 is 5.32 Å². The van der Waals surface area contributed by atoms with E-state index in [0.717, 1.165) is 44.2 Å². The number of nitrogens with zero attached hydrogens (tertiary/aromatic N) is 3. The highest BCUT2D eigenvalue weighted by molar-refractivity contribution is 14.0. The number of rotatable bonds is 6. The second kappa shape index (κ2) is 12.2. The van der Waals surface area contributed by atoms with Crippen LogP contribution in [0.4, 0.5) is 0 Å². The van der Waals surface area contributed by atoms with E-state index in [2.05, 4.69) is 47.7 Å². The number of thioether (sulfide) groups is 1. The molecule has 1 rings (SSSR count). The Bertz CT molecular complexity index is 377. The molecule has 1 unspecified atom stereocenters. The van der Waals surface area contributed by atoms with Gasteiger partial charge in [0.25, 0.3) is 0 Å². The molecule has 1 aliphatic heterocycles. The Morgan fingerprint density at radius 2 is 2.13 bits per heavy atom. The average molecular weight is 456 g/mol. The summed E-state index contributed by atoms with van der Waals surface area (Å²) in [5.41, 5.74) is 0. The monoisotopic (exact) mass is 456 g/mol. The molecule has 1 amide bonds. The summed E-state index contributed by atoms with van der Waals surface area (Å²) in [6, 6.07) is 0. The maximum atomic E-state index is 11.8. The number of hydrogen-bond donors (Lipinski definition) is 1. The predicted molar refractivity (Wildman–Crippen MR) is 112 cm³/mol. The fraction of sp³-hybridized carbons (Fsp3) is 0.875. The Morgan fingerprint density at radius 3 is 2.70 bits per heavy atom. The van der Waals surface area contributed by atoms with Crippen molar-refractivity contribution in [1.82, 2.24) is 15.1 Å². The van der Waals surface area contributed by atoms with Gasteiger partial charge in [-0.15, -0.1) is 24.0 Å². The number of hydrogen-bond acceptors (Lipinski definition) is 3. The van der Waals surface area contributed by atoms with E-state index in [0.29, 0.717) is 11.2 Å². The number of halogens is 1. The molecule has 0 aliphatic carbocycles. The van der Waals surface area contributed by atoms with Crippen LogP contribution in [0.5, 0.6) is 0 Å². The first kappa shape index (κ1) is 22.8. The van der Waals surface area contributed by atoms with Crippen LogP contribution >= 0.6 is 35.7 Å². The number of guanidine groups is 1. The summed E-state index contributed by atoms with van der Waals surface area (Å²) >= 11 is 2.05. The zero-order chi connectivity index (χ0) is 16.5. The number of nitrogens with one attached hydrogen (secondary N) is 1. The summed E-state index contributed by atoms with van der Waals surface area (Å²) in [6.45, 7) is 9.88. The van der Waals surface area contributed by atoms with E-state index >= 15 is 0 Å². The molecule has 0 spiro atoms. The van der Waals surface area contributed by atoms with Gasteiger partial charge in [-0.05, 0) is 12.3 Å². The van der Waals surface area contributed by atoms with Crippen LogP contribution in [0.2, 0.25) is 0 Å². The summed E-state index contributed by atoms with van der Waals surface area (Å²) < 4.78 is 0. The third-order valence-electron chi connectivity index (χ3n) is 3.81. The van der Waals surface area contributed by atoms with Gasteiger partial charge in [0.2, 0.25) is 5.91 Å². The van der Waals surface area contributed by atoms with E-state index in [1.807, 2.05) is 0 Å². The number of carbonyl (C=O) groups is 1. The zero-order valence-corrected chi connectivity index (χ0v) is 18.3. The largest absolute Gasteiger partial charge is 0.356 e. The minimum Gasteiger partial charge on any atom is -0.356 e. The molecule has 0 aromatic rings. The minimum atomic E-state index is 0. The molecule has 0 radical (unpaired) electrons. The van der Waals surface area contributed by atoms with Gasteiger partial charge in [0.1, 0.15) is 6.54 Å². The van der Waals surface area contributed by atoms with Crippen molar-refractivity contribution in [3.63, 3.8) is 0 Å². The Hall–Kier alpha value is -0.180. The molecule has 1 heterocycles. The summed E-state index contributed by atoms with van der Waals surface area (Å²) in [5.74, 6) is 2.73. The highest BCUT2D eigenvalue weighted by atomic mass is 127. The third-order valence-corrected chi connectivity index (χ3v) is 5.35. The maximum absolute atomic E-state index is 11.8. The topological polar surface area (TPSA) is 47.9 Å². The molecular formula is C16H33IN4OS. The summed E-state index contributed by atoms with van der Waals surface area (Å²) in [4.78, 5) is 20.3. The third kappa shape index (κ3) is 8.47. The normalized spacial score (nSPS) is 18.6. The molecule has 5 nitrogen and oxygen atoms in total. The lowest BCUT2D eigenvalue weighted by molar-refractivity contribution is -0.127. The van der Waals surface area contributed by atoms with Crippen LogP contribution in [0.15, 0.2) is 4.99 Å². The molecule has 1 saturated heterocycles. The molecule has 1 N–H and O–H groups in total. The van der Waals surface area contributed by atoms with E-state index in [1.54, 1.807) is 19.0 Å². The number of likely N-dealkylation sites (N-methyl/N-ethyl adjacent to an activating group) is 1. The summed E-state index contributed by atoms with van der Waals surface area (Å²) in [7, 11) is 3.54. The Morgan fingerprint density at radius 1 is 1.43 bits per heavy atom. The van der Waals surface area contributed by atoms with Crippen molar-refractivity contribution in [2.24, 2.45) is 10.9 Å². The molecule has 0 aromatic carbocycles. The standard InChI is InChI=1S/C16H32N4OS.HI/c1-6-7-8-17-16(18-11-15(21)19(4)5)20-9-10-22-14(12-20)13(2)3;/h13-14H,6-12H2,1-5H3,(H,17,18);1H. The lowest BCUT2D eigenvalue weighted by Gasteiger charge is -2.36. The van der Waals surface area contributed by atoms with Crippen LogP contribution in [0.25, 0.3) is 0 Å². The van der Waals surface area contributed by atoms with Gasteiger partial charge in [-0.3, -0.25) is 4.79 Å². The number of unbranched alkanes of at least 4 members (excludes halogenated alkanes) is 1. The van der Waals surface area contributed by atoms with Gasteiger partial charge in [-0.25, -0.2) is 4.99 Å². The van der Waals surface area contributed by atoms with Crippen molar-refractivity contribution >= 4 is 47.6 Å². The van der Waals surface area contributed by atoms with Crippen LogP contribution in [0.1, 0.15) is 33.6 Å². The Kier molecular flexibility index (Phi) is 12.1. The van der Waals surface area contributed by atoms with Gasteiger partial charge in [-0.1, -0.05) is 27.2 Å². The fourth-order valence-corrected chi connectivity index (χ4v) is 3.50. The molecule has 0 aromatic heterocycles. The molecule has 0 saturated carbocycles. The maximum Gasteiger partial charge on any atom is 0.243 e. The van der Waals surface area contributed by atoms with E-state index in [1.165, 1.54) is 0 Å². The highest BCUT2D eigenvalue weighted by Gasteiger charge is 2.25. The molecule has 136 valence electrons. The second-order valence-electron chi connectivity index (χ2n) is 6.31. The zero-order valence-electron chi connectivity index (χ0n) is 15.2. The number of carbonyl (C=O) groups excluding carboxylic acids is 1. The van der Waals surface area contributed by atoms with Crippen molar-refractivity contribution in [2.75, 3.05) is 46.0 Å². The Labute approximate surface area is 163 Å². The van der Waals surface area contributed by atoms with Crippen LogP contribution in [-0.2, 0) is 4.79 Å². The minimum absolute atomic E-state index is 0. The fourth-order valence-electron chi connectivity index (χ4n) is 2.20. The van der Waals surface area contributed by atoms with Crippen LogP contribution in [-0.4, -0.2) is 72.9 Å². The summed E-state index contributed by atoms with van der Waals surface area (Å²) in [6.07, 6.45) is 2.28. The molecule has 1 atom stereocenters. The van der Waals surface area contributed by atoms with E-state index in [-0.39, 0.29) is 36.4 Å². The first-order chi connectivity index (χ1) is 10.5. The van der Waals surface area contributed by atoms with Gasteiger partial charge in [-0.2, -0.15) is 11.8 Å². The SMILES string of the molecule is CCCCNC(=NCC(=O)N(C)C)N1CCSC(C(C)C)C1.I. The van der Waals surface area contributed by atoms with Gasteiger partial charge in [0.15, 0.2) is 5.96 Å². The lowest BCUT2D eigenvalue weighted by atomic mass is 10.1. The second-order valence-corrected chi connectivity index (χ2v) is 7.65. The van der Waals surface area contributed by atoms with Crippen molar-refractivity contribution in [3.8, 4) is 0 Å². The first-order valence-electron chi connectivity index (χ1n) is 8.30. The van der Waals surface area contributed by atoms with E-state index in [9.17, 15) is 4.79 Å². The molecule has 1 fully saturated rings. The van der Waals surface area contributed by atoms with Crippen LogP contribution in [0.3, 0.4) is 0 Å². The summed E-state index contributed by atoms with van der Waals surface area (Å²) in [5, 5.41) is 4.08. The highest BCUT2D eigenvalue weighted by Crippen LogP contribution is 2.24. The molecule has 0 bridgehead atoms. The van der Waals surface area contributed by atoms with Crippen molar-refractivity contribution in [1.29, 1.82) is 0 Å². The van der Waals surface area contributed by atoms with Crippen molar-refractivity contribution in [3.05, 3.63) is 0 Å². The average Bonchev–Trinajstić information content (AvgIpc) is 2.50. The first-order valence-corrected chi connectivity index (χ1v) is 9.35. The van der Waals surface area contributed by atoms with Gasteiger partial charge in [0.05, 0.1) is 0 Å². The molecular weight excluding hydrogens is 423 g/mol. The van der Waals surface area contributed by atoms with E-state index in [4.69, 9.17) is 0 Å². The number of aliphatic imine (C=N–C) groups is 1.